The van der Waals surface area contributed by atoms with Crippen LogP contribution in [0.2, 0.25) is 0 Å². The molecule has 0 aliphatic carbocycles. The van der Waals surface area contributed by atoms with E-state index in [1.54, 1.807) is 13.0 Å². The van der Waals surface area contributed by atoms with Gasteiger partial charge in [-0.05, 0) is 49.5 Å². The molecule has 1 aliphatic rings. The van der Waals surface area contributed by atoms with Gasteiger partial charge in [0.25, 0.3) is 6.26 Å². The van der Waals surface area contributed by atoms with Gasteiger partial charge in [0.2, 0.25) is 0 Å². The normalized spacial score (nSPS) is 17.5. The van der Waals surface area contributed by atoms with Crippen molar-refractivity contribution >= 4 is 5.97 Å². The van der Waals surface area contributed by atoms with Crippen molar-refractivity contribution < 1.29 is 22.7 Å². The second kappa shape index (κ2) is 9.52. The van der Waals surface area contributed by atoms with Crippen molar-refractivity contribution in [3.05, 3.63) is 71.3 Å². The third-order valence-electron chi connectivity index (χ3n) is 6.27. The summed E-state index contributed by atoms with van der Waals surface area (Å²) in [6.07, 6.45) is -1.67. The zero-order valence-electron chi connectivity index (χ0n) is 17.4. The number of rotatable bonds is 6. The van der Waals surface area contributed by atoms with Crippen LogP contribution >= 0.6 is 0 Å². The zero-order valence-corrected chi connectivity index (χ0v) is 17.4. The van der Waals surface area contributed by atoms with Gasteiger partial charge in [0.05, 0.1) is 11.5 Å². The number of carbonyl (C=O) groups excluding carboxylic acids is 1. The first kappa shape index (κ1) is 22.8. The lowest BCUT2D eigenvalue weighted by molar-refractivity contribution is -0.145. The van der Waals surface area contributed by atoms with Crippen LogP contribution in [0.1, 0.15) is 42.9 Å². The van der Waals surface area contributed by atoms with E-state index >= 15 is 0 Å². The second-order valence-electron chi connectivity index (χ2n) is 7.97. The standard InChI is InChI=1S/C24H25F3N2O2/c1-2-21(22(30)31-17-28)23(19-9-6-10-20(15-19)24(25,26)27)11-13-29(14-12-23)16-18-7-4-3-5-8-18/h3-10,15,21H,2,11-14,16H2,1H3. The average Bonchev–Trinajstić information content (AvgIpc) is 2.76. The molecule has 0 saturated carbocycles. The minimum Gasteiger partial charge on any atom is -0.351 e. The van der Waals surface area contributed by atoms with Gasteiger partial charge in [-0.15, -0.1) is 5.26 Å². The van der Waals surface area contributed by atoms with Crippen LogP contribution in [-0.2, 0) is 27.7 Å². The fourth-order valence-corrected chi connectivity index (χ4v) is 4.69. The highest BCUT2D eigenvalue weighted by molar-refractivity contribution is 5.75. The van der Waals surface area contributed by atoms with Crippen LogP contribution in [-0.4, -0.2) is 24.0 Å². The number of alkyl halides is 3. The Hall–Kier alpha value is -2.85. The monoisotopic (exact) mass is 430 g/mol. The summed E-state index contributed by atoms with van der Waals surface area (Å²) in [4.78, 5) is 14.9. The molecule has 0 spiro atoms. The summed E-state index contributed by atoms with van der Waals surface area (Å²) < 4.78 is 44.8. The van der Waals surface area contributed by atoms with Gasteiger partial charge in [-0.25, -0.2) is 0 Å². The molecule has 2 aromatic rings. The lowest BCUT2D eigenvalue weighted by atomic mass is 9.63. The van der Waals surface area contributed by atoms with Crippen molar-refractivity contribution in [2.45, 2.75) is 44.3 Å². The summed E-state index contributed by atoms with van der Waals surface area (Å²) in [6, 6.07) is 15.2. The molecule has 164 valence electrons. The van der Waals surface area contributed by atoms with E-state index in [1.807, 2.05) is 30.3 Å². The Balaban J connectivity index is 1.93. The van der Waals surface area contributed by atoms with E-state index in [2.05, 4.69) is 9.64 Å². The molecule has 1 aliphatic heterocycles. The maximum atomic E-state index is 13.4. The molecule has 1 unspecified atom stereocenters. The fraction of sp³-hybridized carbons (Fsp3) is 0.417. The van der Waals surface area contributed by atoms with Gasteiger partial charge in [-0.1, -0.05) is 55.5 Å². The van der Waals surface area contributed by atoms with Crippen LogP contribution in [0.25, 0.3) is 0 Å². The molecule has 7 heteroatoms. The molecular formula is C24H25F3N2O2. The highest BCUT2D eigenvalue weighted by Gasteiger charge is 2.47. The van der Waals surface area contributed by atoms with Crippen LogP contribution in [0.15, 0.2) is 54.6 Å². The number of hydrogen-bond acceptors (Lipinski definition) is 4. The van der Waals surface area contributed by atoms with E-state index in [9.17, 15) is 18.0 Å². The summed E-state index contributed by atoms with van der Waals surface area (Å²) in [5.74, 6) is -1.38. The summed E-state index contributed by atoms with van der Waals surface area (Å²) >= 11 is 0. The first-order valence-corrected chi connectivity index (χ1v) is 10.3. The van der Waals surface area contributed by atoms with E-state index in [4.69, 9.17) is 5.26 Å². The maximum absolute atomic E-state index is 13.4. The maximum Gasteiger partial charge on any atom is 0.416 e. The van der Waals surface area contributed by atoms with Gasteiger partial charge in [-0.2, -0.15) is 13.2 Å². The van der Waals surface area contributed by atoms with Gasteiger partial charge in [0.1, 0.15) is 0 Å². The predicted molar refractivity (Wildman–Crippen MR) is 110 cm³/mol. The Kier molecular flexibility index (Phi) is 7.01. The lowest BCUT2D eigenvalue weighted by Crippen LogP contribution is -2.49. The average molecular weight is 430 g/mol. The smallest absolute Gasteiger partial charge is 0.351 e. The minimum atomic E-state index is -4.47. The SMILES string of the molecule is CCC(C(=O)OC#N)C1(c2cccc(C(F)(F)F)c2)CCN(Cc2ccccc2)CC1. The molecule has 1 heterocycles. The van der Waals surface area contributed by atoms with Gasteiger partial charge in [0.15, 0.2) is 0 Å². The van der Waals surface area contributed by atoms with Crippen LogP contribution in [0.5, 0.6) is 0 Å². The van der Waals surface area contributed by atoms with Gasteiger partial charge in [-0.3, -0.25) is 9.69 Å². The number of likely N-dealkylation sites (tertiary alicyclic amines) is 1. The lowest BCUT2D eigenvalue weighted by Gasteiger charge is -2.46. The Labute approximate surface area is 180 Å². The first-order valence-electron chi connectivity index (χ1n) is 10.3. The van der Waals surface area contributed by atoms with Crippen molar-refractivity contribution in [3.8, 4) is 6.26 Å². The molecule has 3 rings (SSSR count). The number of esters is 1. The number of halogens is 3. The second-order valence-corrected chi connectivity index (χ2v) is 7.97. The number of hydrogen-bond donors (Lipinski definition) is 0. The molecule has 4 nitrogen and oxygen atoms in total. The predicted octanol–water partition coefficient (Wildman–Crippen LogP) is 5.29. The number of benzene rings is 2. The topological polar surface area (TPSA) is 53.3 Å². The molecular weight excluding hydrogens is 405 g/mol. The van der Waals surface area contributed by atoms with Crippen LogP contribution in [0.4, 0.5) is 13.2 Å². The quantitative estimate of drug-likeness (QED) is 0.462. The Bertz CT molecular complexity index is 930. The fourth-order valence-electron chi connectivity index (χ4n) is 4.69. The van der Waals surface area contributed by atoms with Crippen LogP contribution < -0.4 is 0 Å². The van der Waals surface area contributed by atoms with Crippen molar-refractivity contribution in [2.24, 2.45) is 5.92 Å². The Morgan fingerprint density at radius 2 is 1.84 bits per heavy atom. The number of nitriles is 1. The number of carbonyl (C=O) groups is 1. The largest absolute Gasteiger partial charge is 0.416 e. The van der Waals surface area contributed by atoms with Crippen LogP contribution in [0.3, 0.4) is 0 Å². The number of ether oxygens (including phenoxy) is 1. The molecule has 1 fully saturated rings. The summed E-state index contributed by atoms with van der Waals surface area (Å²) in [6.45, 7) is 3.79. The highest BCUT2D eigenvalue weighted by atomic mass is 19.4. The van der Waals surface area contributed by atoms with Crippen molar-refractivity contribution in [2.75, 3.05) is 13.1 Å². The molecule has 2 aromatic carbocycles. The molecule has 0 aromatic heterocycles. The van der Waals surface area contributed by atoms with E-state index in [0.717, 1.165) is 24.2 Å². The van der Waals surface area contributed by atoms with E-state index in [0.29, 0.717) is 37.9 Å². The molecule has 1 saturated heterocycles. The van der Waals surface area contributed by atoms with Crippen LogP contribution in [0, 0.1) is 17.4 Å². The highest BCUT2D eigenvalue weighted by Crippen LogP contribution is 2.45. The minimum absolute atomic E-state index is 0.370. The Morgan fingerprint density at radius 1 is 1.16 bits per heavy atom. The van der Waals surface area contributed by atoms with Crippen molar-refractivity contribution in [1.29, 1.82) is 5.26 Å². The molecule has 0 radical (unpaired) electrons. The van der Waals surface area contributed by atoms with Gasteiger partial charge in [0, 0.05) is 12.0 Å². The van der Waals surface area contributed by atoms with Gasteiger partial charge >= 0.3 is 12.1 Å². The summed E-state index contributed by atoms with van der Waals surface area (Å²) in [7, 11) is 0. The van der Waals surface area contributed by atoms with E-state index in [-0.39, 0.29) is 0 Å². The summed E-state index contributed by atoms with van der Waals surface area (Å²) in [5.41, 5.74) is 0.0740. The molecule has 1 atom stereocenters. The number of nitrogens with zero attached hydrogens (tertiary/aromatic N) is 2. The first-order chi connectivity index (χ1) is 14.8. The van der Waals surface area contributed by atoms with Crippen molar-refractivity contribution in [3.63, 3.8) is 0 Å². The third-order valence-corrected chi connectivity index (χ3v) is 6.27. The third kappa shape index (κ3) is 5.08. The van der Waals surface area contributed by atoms with Gasteiger partial charge < -0.3 is 4.74 Å². The molecule has 31 heavy (non-hydrogen) atoms. The molecule has 0 bridgehead atoms. The Morgan fingerprint density at radius 3 is 2.42 bits per heavy atom. The van der Waals surface area contributed by atoms with Crippen molar-refractivity contribution in [1.82, 2.24) is 4.90 Å². The number of piperidine rings is 1. The molecule has 0 N–H and O–H groups in total. The van der Waals surface area contributed by atoms with E-state index in [1.165, 1.54) is 12.3 Å². The summed E-state index contributed by atoms with van der Waals surface area (Å²) in [5, 5.41) is 8.84. The molecule has 0 amide bonds. The van der Waals surface area contributed by atoms with E-state index < -0.39 is 29.0 Å². The zero-order chi connectivity index (χ0) is 22.5.